The van der Waals surface area contributed by atoms with Gasteiger partial charge in [0, 0.05) is 0 Å². The Kier molecular flexibility index (Phi) is 3.11. The van der Waals surface area contributed by atoms with Crippen molar-refractivity contribution < 1.29 is 14.0 Å². The van der Waals surface area contributed by atoms with E-state index in [4.69, 9.17) is 9.92 Å². The fraction of sp³-hybridized carbons (Fsp3) is 0. The van der Waals surface area contributed by atoms with Gasteiger partial charge in [-0.25, -0.2) is 4.86 Å². The average molecular weight is 165 g/mol. The average Bonchev–Trinajstić information content (AvgIpc) is 2.15. The molecule has 0 bridgehead atoms. The summed E-state index contributed by atoms with van der Waals surface area (Å²) < 4.78 is 15.9. The van der Waals surface area contributed by atoms with E-state index in [9.17, 15) is 4.53 Å². The van der Waals surface area contributed by atoms with Gasteiger partial charge in [-0.05, 0) is 24.3 Å². The molecule has 1 aromatic carbocycles. The number of hydrogen-bond donors (Lipinski definition) is 0. The molecule has 0 radical (unpaired) electrons. The first-order valence-electron chi connectivity index (χ1n) is 3.23. The second-order valence-corrected chi connectivity index (χ2v) is 2.01. The molecule has 1 aromatic rings. The van der Waals surface area contributed by atoms with E-state index in [2.05, 4.69) is 4.86 Å². The minimum atomic E-state index is -0.439. The Labute approximate surface area is 69.5 Å². The zero-order chi connectivity index (χ0) is 8.81. The van der Waals surface area contributed by atoms with E-state index in [0.717, 1.165) is 0 Å². The molecular weight excluding hydrogens is 160 g/mol. The molecule has 60 valence electrons. The molecule has 0 atom stereocenters. The van der Waals surface area contributed by atoms with Crippen LogP contribution in [0.5, 0.6) is 5.75 Å². The van der Waals surface area contributed by atoms with E-state index in [1.165, 1.54) is 0 Å². The van der Waals surface area contributed by atoms with E-state index in [1.54, 1.807) is 24.3 Å². The molecule has 0 aromatic heterocycles. The Balaban J connectivity index is 2.60. The number of nitriles is 1. The van der Waals surface area contributed by atoms with E-state index in [1.807, 2.05) is 6.07 Å². The summed E-state index contributed by atoms with van der Waals surface area (Å²) in [5.74, 6) is 0.464. The highest BCUT2D eigenvalue weighted by Gasteiger charge is 1.96. The van der Waals surface area contributed by atoms with Crippen molar-refractivity contribution >= 4 is 7.69 Å². The molecule has 0 fully saturated rings. The highest BCUT2D eigenvalue weighted by molar-refractivity contribution is 6.18. The van der Waals surface area contributed by atoms with Crippen LogP contribution in [0.3, 0.4) is 0 Å². The first kappa shape index (κ1) is 8.56. The van der Waals surface area contributed by atoms with Crippen LogP contribution < -0.4 is 4.65 Å². The fourth-order valence-corrected chi connectivity index (χ4v) is 0.716. The number of nitrogens with zero attached hydrogens (tertiary/aromatic N) is 1. The number of hydrogen-bond acceptors (Lipinski definition) is 3. The SMILES string of the molecule is N#Cc1ccc(OBOF)cc1. The van der Waals surface area contributed by atoms with Crippen LogP contribution in [-0.4, -0.2) is 7.69 Å². The van der Waals surface area contributed by atoms with Gasteiger partial charge < -0.3 is 4.65 Å². The van der Waals surface area contributed by atoms with Crippen LogP contribution in [-0.2, 0) is 4.86 Å². The third kappa shape index (κ3) is 2.25. The van der Waals surface area contributed by atoms with Crippen molar-refractivity contribution in [3.8, 4) is 11.8 Å². The largest absolute Gasteiger partial charge is 0.544 e. The van der Waals surface area contributed by atoms with Gasteiger partial charge in [-0.15, -0.1) is 0 Å². The first-order valence-corrected chi connectivity index (χ1v) is 3.23. The molecule has 0 aliphatic rings. The minimum Gasteiger partial charge on any atom is -0.537 e. The number of rotatable bonds is 3. The third-order valence-corrected chi connectivity index (χ3v) is 1.25. The Morgan fingerprint density at radius 1 is 1.33 bits per heavy atom. The van der Waals surface area contributed by atoms with E-state index >= 15 is 0 Å². The number of benzene rings is 1. The van der Waals surface area contributed by atoms with Crippen LogP contribution in [0.1, 0.15) is 5.56 Å². The van der Waals surface area contributed by atoms with Crippen LogP contribution in [0.4, 0.5) is 4.53 Å². The molecule has 1 rings (SSSR count). The van der Waals surface area contributed by atoms with E-state index in [0.29, 0.717) is 11.3 Å². The lowest BCUT2D eigenvalue weighted by molar-refractivity contribution is -0.0173. The summed E-state index contributed by atoms with van der Waals surface area (Å²) in [6.07, 6.45) is 0. The van der Waals surface area contributed by atoms with Gasteiger partial charge in [0.25, 0.3) is 0 Å². The maximum absolute atomic E-state index is 11.1. The molecule has 0 amide bonds. The predicted octanol–water partition coefficient (Wildman–Crippen LogP) is 1.10. The van der Waals surface area contributed by atoms with Crippen LogP contribution in [0.15, 0.2) is 24.3 Å². The third-order valence-electron chi connectivity index (χ3n) is 1.25. The van der Waals surface area contributed by atoms with Crippen LogP contribution in [0, 0.1) is 11.3 Å². The van der Waals surface area contributed by atoms with Crippen molar-refractivity contribution in [3.05, 3.63) is 29.8 Å². The lowest BCUT2D eigenvalue weighted by atomic mass is 10.2. The lowest BCUT2D eigenvalue weighted by Crippen LogP contribution is -2.01. The van der Waals surface area contributed by atoms with Crippen molar-refractivity contribution in [3.63, 3.8) is 0 Å². The van der Waals surface area contributed by atoms with Crippen molar-refractivity contribution in [2.24, 2.45) is 0 Å². The first-order chi connectivity index (χ1) is 5.86. The van der Waals surface area contributed by atoms with Crippen molar-refractivity contribution in [1.29, 1.82) is 5.26 Å². The van der Waals surface area contributed by atoms with Crippen LogP contribution in [0.2, 0.25) is 0 Å². The minimum absolute atomic E-state index is 0.439. The Bertz CT molecular complexity index is 282. The van der Waals surface area contributed by atoms with Crippen molar-refractivity contribution in [1.82, 2.24) is 0 Å². The molecule has 5 heteroatoms. The quantitative estimate of drug-likeness (QED) is 0.629. The maximum Gasteiger partial charge on any atom is 0.544 e. The second-order valence-electron chi connectivity index (χ2n) is 2.01. The molecule has 0 spiro atoms. The highest BCUT2D eigenvalue weighted by Crippen LogP contribution is 2.10. The van der Waals surface area contributed by atoms with Crippen molar-refractivity contribution in [2.75, 3.05) is 0 Å². The summed E-state index contributed by atoms with van der Waals surface area (Å²) in [7, 11) is -0.439. The standard InChI is InChI=1S/C7H5BFNO2/c9-12-8-11-7-3-1-6(5-10)2-4-7/h1-4,8H. The molecular formula is C7H5BFNO2. The van der Waals surface area contributed by atoms with Gasteiger partial charge in [-0.3, -0.25) is 0 Å². The number of halogens is 1. The molecule has 0 aliphatic carbocycles. The van der Waals surface area contributed by atoms with Gasteiger partial charge in [-0.1, -0.05) is 4.53 Å². The Hall–Kier alpha value is -1.54. The van der Waals surface area contributed by atoms with Gasteiger partial charge >= 0.3 is 7.69 Å². The summed E-state index contributed by atoms with van der Waals surface area (Å²) in [5, 5.41) is 8.43. The zero-order valence-electron chi connectivity index (χ0n) is 6.16. The summed E-state index contributed by atoms with van der Waals surface area (Å²) >= 11 is 0. The zero-order valence-corrected chi connectivity index (χ0v) is 6.16. The summed E-state index contributed by atoms with van der Waals surface area (Å²) in [6.45, 7) is 0. The Morgan fingerprint density at radius 2 is 2.00 bits per heavy atom. The lowest BCUT2D eigenvalue weighted by Gasteiger charge is -2.00. The van der Waals surface area contributed by atoms with Gasteiger partial charge in [0.05, 0.1) is 11.6 Å². The Morgan fingerprint density at radius 3 is 2.50 bits per heavy atom. The van der Waals surface area contributed by atoms with E-state index in [-0.39, 0.29) is 0 Å². The maximum atomic E-state index is 11.1. The smallest absolute Gasteiger partial charge is 0.537 e. The molecule has 0 heterocycles. The van der Waals surface area contributed by atoms with Crippen molar-refractivity contribution in [2.45, 2.75) is 0 Å². The molecule has 0 aliphatic heterocycles. The molecule has 0 saturated carbocycles. The van der Waals surface area contributed by atoms with Gasteiger partial charge in [0.1, 0.15) is 5.75 Å². The molecule has 0 unspecified atom stereocenters. The van der Waals surface area contributed by atoms with Gasteiger partial charge in [0.2, 0.25) is 0 Å². The monoisotopic (exact) mass is 165 g/mol. The molecule has 0 N–H and O–H groups in total. The predicted molar refractivity (Wildman–Crippen MR) is 41.1 cm³/mol. The van der Waals surface area contributed by atoms with E-state index < -0.39 is 7.69 Å². The summed E-state index contributed by atoms with van der Waals surface area (Å²) in [5.41, 5.74) is 0.531. The molecule has 0 saturated heterocycles. The normalized spacial score (nSPS) is 8.67. The summed E-state index contributed by atoms with van der Waals surface area (Å²) in [6, 6.07) is 8.24. The van der Waals surface area contributed by atoms with Crippen LogP contribution in [0.25, 0.3) is 0 Å². The van der Waals surface area contributed by atoms with Gasteiger partial charge in [-0.2, -0.15) is 5.26 Å². The van der Waals surface area contributed by atoms with Crippen LogP contribution >= 0.6 is 0 Å². The topological polar surface area (TPSA) is 42.2 Å². The fourth-order valence-electron chi connectivity index (χ4n) is 0.716. The second kappa shape index (κ2) is 4.37. The molecule has 12 heavy (non-hydrogen) atoms. The highest BCUT2D eigenvalue weighted by atomic mass is 19.3. The van der Waals surface area contributed by atoms with Gasteiger partial charge in [0.15, 0.2) is 0 Å². The summed E-state index contributed by atoms with van der Waals surface area (Å²) in [4.78, 5) is 3.22. The molecule has 3 nitrogen and oxygen atoms in total.